The summed E-state index contributed by atoms with van der Waals surface area (Å²) in [5.74, 6) is -1.84. The molecule has 212 valence electrons. The molecule has 0 bridgehead atoms. The average molecular weight is 566 g/mol. The number of nitrogens with one attached hydrogen (secondary N) is 1. The van der Waals surface area contributed by atoms with Crippen LogP contribution in [0.3, 0.4) is 0 Å². The minimum absolute atomic E-state index is 0.0490. The smallest absolute Gasteiger partial charge is 0.459 e. The summed E-state index contributed by atoms with van der Waals surface area (Å²) in [4.78, 5) is 24.6. The molecular weight excluding hydrogens is 532 g/mol. The lowest BCUT2D eigenvalue weighted by Gasteiger charge is -2.26. The van der Waals surface area contributed by atoms with Crippen molar-refractivity contribution in [3.63, 3.8) is 0 Å². The normalized spacial score (nSPS) is 25.5. The van der Waals surface area contributed by atoms with Gasteiger partial charge in [0, 0.05) is 5.92 Å². The second-order valence-electron chi connectivity index (χ2n) is 9.77. The lowest BCUT2D eigenvalue weighted by Crippen LogP contribution is -2.37. The number of alkyl halides is 1. The van der Waals surface area contributed by atoms with E-state index in [2.05, 4.69) is 20.0 Å². The molecule has 0 spiro atoms. The molecule has 6 N–H and O–H groups in total. The zero-order valence-corrected chi connectivity index (χ0v) is 22.9. The molecule has 2 aromatic heterocycles. The van der Waals surface area contributed by atoms with Crippen LogP contribution >= 0.6 is 7.75 Å². The Balaban J connectivity index is 1.56. The van der Waals surface area contributed by atoms with Crippen LogP contribution in [0.5, 0.6) is 5.75 Å². The molecule has 0 unspecified atom stereocenters. The zero-order chi connectivity index (χ0) is 28.5. The van der Waals surface area contributed by atoms with Gasteiger partial charge >= 0.3 is 13.7 Å². The molecule has 39 heavy (non-hydrogen) atoms. The molecular formula is C24H33FN7O6P. The zero-order valence-electron chi connectivity index (χ0n) is 22.0. The van der Waals surface area contributed by atoms with Crippen LogP contribution in [-0.2, 0) is 18.6 Å². The number of hydrogen-bond acceptors (Lipinski definition) is 11. The SMILES string of the molecule is CC(C)OC(=O)[C@H](C)N[P@](=O)(OC[C@H]1[C@@H](C)[C@@H](n2cnc3c(N)nc(N)nc32)[C@H](F)[C@@H]1O)Oc1ccccc1. The fourth-order valence-electron chi connectivity index (χ4n) is 4.64. The van der Waals surface area contributed by atoms with Gasteiger partial charge in [-0.05, 0) is 38.8 Å². The van der Waals surface area contributed by atoms with Crippen LogP contribution in [0.15, 0.2) is 36.7 Å². The van der Waals surface area contributed by atoms with Gasteiger partial charge in [0.2, 0.25) is 5.95 Å². The van der Waals surface area contributed by atoms with Crippen LogP contribution in [0.25, 0.3) is 11.2 Å². The summed E-state index contributed by atoms with van der Waals surface area (Å²) in [5, 5.41) is 13.4. The highest BCUT2D eigenvalue weighted by Crippen LogP contribution is 2.49. The second-order valence-corrected chi connectivity index (χ2v) is 11.5. The first-order valence-electron chi connectivity index (χ1n) is 12.5. The summed E-state index contributed by atoms with van der Waals surface area (Å²) in [5.41, 5.74) is 12.1. The maximum atomic E-state index is 15.5. The highest BCUT2D eigenvalue weighted by atomic mass is 31.2. The number of aliphatic hydroxyl groups excluding tert-OH is 1. The van der Waals surface area contributed by atoms with E-state index in [4.69, 9.17) is 25.3 Å². The Kier molecular flexibility index (Phi) is 8.40. The van der Waals surface area contributed by atoms with Gasteiger partial charge in [0.05, 0.1) is 31.2 Å². The van der Waals surface area contributed by atoms with Crippen molar-refractivity contribution in [1.29, 1.82) is 0 Å². The standard InChI is InChI=1S/C24H33FN7O6P/c1-12(2)37-23(34)14(4)31-39(35,38-15-8-6-5-7-9-15)36-10-16-13(3)19(17(25)20(16)33)32-11-28-18-21(26)29-24(27)30-22(18)32/h5-9,11-14,16-17,19-20,33H,10H2,1-4H3,(H,31,35)(H4,26,27,29,30)/t13-,14+,16+,17+,19-,20-,39+/m1/s1. The Bertz CT molecular complexity index is 1360. The average Bonchev–Trinajstić information content (AvgIpc) is 3.36. The Morgan fingerprint density at radius 1 is 1.23 bits per heavy atom. The predicted octanol–water partition coefficient (Wildman–Crippen LogP) is 2.63. The molecule has 4 rings (SSSR count). The summed E-state index contributed by atoms with van der Waals surface area (Å²) in [6.45, 7) is 6.20. The fraction of sp³-hybridized carbons (Fsp3) is 0.500. The minimum atomic E-state index is -4.21. The quantitative estimate of drug-likeness (QED) is 0.208. The Morgan fingerprint density at radius 2 is 1.92 bits per heavy atom. The molecule has 1 fully saturated rings. The molecule has 1 aliphatic rings. The third-order valence-electron chi connectivity index (χ3n) is 6.56. The van der Waals surface area contributed by atoms with Crippen LogP contribution < -0.4 is 21.1 Å². The highest BCUT2D eigenvalue weighted by Gasteiger charge is 2.51. The molecule has 0 amide bonds. The van der Waals surface area contributed by atoms with E-state index >= 15 is 4.39 Å². The van der Waals surface area contributed by atoms with Crippen LogP contribution in [0.1, 0.15) is 33.7 Å². The highest BCUT2D eigenvalue weighted by molar-refractivity contribution is 7.52. The lowest BCUT2D eigenvalue weighted by molar-refractivity contribution is -0.149. The number of fused-ring (bicyclic) bond motifs is 1. The summed E-state index contributed by atoms with van der Waals surface area (Å²) < 4.78 is 47.3. The van der Waals surface area contributed by atoms with Crippen LogP contribution in [-0.4, -0.2) is 61.6 Å². The van der Waals surface area contributed by atoms with Gasteiger partial charge in [0.1, 0.15) is 23.5 Å². The number of halogens is 1. The van der Waals surface area contributed by atoms with Crippen molar-refractivity contribution in [3.05, 3.63) is 36.7 Å². The van der Waals surface area contributed by atoms with E-state index in [9.17, 15) is 14.5 Å². The summed E-state index contributed by atoms with van der Waals surface area (Å²) in [6, 6.07) is 6.28. The fourth-order valence-corrected chi connectivity index (χ4v) is 6.17. The Hall–Kier alpha value is -3.32. The van der Waals surface area contributed by atoms with E-state index in [1.54, 1.807) is 51.1 Å². The second kappa shape index (κ2) is 11.4. The summed E-state index contributed by atoms with van der Waals surface area (Å²) in [7, 11) is -4.21. The Labute approximate surface area is 224 Å². The number of aromatic nitrogens is 4. The molecule has 0 aliphatic heterocycles. The van der Waals surface area contributed by atoms with Crippen LogP contribution in [0.2, 0.25) is 0 Å². The molecule has 0 saturated heterocycles. The number of nitrogens with zero attached hydrogens (tertiary/aromatic N) is 4. The van der Waals surface area contributed by atoms with Crippen molar-refractivity contribution in [2.45, 2.75) is 58.2 Å². The van der Waals surface area contributed by atoms with Gasteiger partial charge in [-0.25, -0.2) is 13.9 Å². The van der Waals surface area contributed by atoms with E-state index < -0.39 is 49.9 Å². The maximum absolute atomic E-state index is 15.5. The molecule has 3 aromatic rings. The summed E-state index contributed by atoms with van der Waals surface area (Å²) >= 11 is 0. The number of aliphatic hydroxyl groups is 1. The number of benzene rings is 1. The Morgan fingerprint density at radius 3 is 2.59 bits per heavy atom. The number of imidazole rings is 1. The third-order valence-corrected chi connectivity index (χ3v) is 8.20. The van der Waals surface area contributed by atoms with Gasteiger partial charge in [-0.15, -0.1) is 0 Å². The minimum Gasteiger partial charge on any atom is -0.462 e. The molecule has 1 aromatic carbocycles. The van der Waals surface area contributed by atoms with Crippen molar-refractivity contribution in [3.8, 4) is 5.75 Å². The van der Waals surface area contributed by atoms with Crippen molar-refractivity contribution in [2.75, 3.05) is 18.1 Å². The van der Waals surface area contributed by atoms with Gasteiger partial charge in [0.25, 0.3) is 0 Å². The molecule has 0 radical (unpaired) electrons. The number of rotatable bonds is 10. The van der Waals surface area contributed by atoms with Crippen molar-refractivity contribution < 1.29 is 32.6 Å². The number of hydrogen-bond donors (Lipinski definition) is 4. The molecule has 13 nitrogen and oxygen atoms in total. The first-order valence-corrected chi connectivity index (χ1v) is 14.0. The number of anilines is 2. The van der Waals surface area contributed by atoms with Gasteiger partial charge in [0.15, 0.2) is 11.5 Å². The van der Waals surface area contributed by atoms with Gasteiger partial charge in [-0.3, -0.25) is 9.32 Å². The molecule has 15 heteroatoms. The van der Waals surface area contributed by atoms with E-state index in [1.807, 2.05) is 0 Å². The summed E-state index contributed by atoms with van der Waals surface area (Å²) in [6.07, 6.45) is -2.25. The number of esters is 1. The lowest BCUT2D eigenvalue weighted by atomic mass is 9.95. The predicted molar refractivity (Wildman–Crippen MR) is 141 cm³/mol. The van der Waals surface area contributed by atoms with E-state index in [0.29, 0.717) is 0 Å². The number of nitrogen functional groups attached to an aromatic ring is 2. The molecule has 1 aliphatic carbocycles. The monoisotopic (exact) mass is 565 g/mol. The van der Waals surface area contributed by atoms with E-state index in [-0.39, 0.29) is 41.4 Å². The first kappa shape index (κ1) is 28.7. The van der Waals surface area contributed by atoms with Gasteiger partial charge < -0.3 is 30.4 Å². The van der Waals surface area contributed by atoms with Gasteiger partial charge in [-0.1, -0.05) is 25.1 Å². The third kappa shape index (κ3) is 6.14. The number of nitrogens with two attached hydrogens (primary N) is 2. The van der Waals surface area contributed by atoms with E-state index in [0.717, 1.165) is 0 Å². The molecule has 1 saturated carbocycles. The van der Waals surface area contributed by atoms with Crippen molar-refractivity contribution in [1.82, 2.24) is 24.6 Å². The molecule has 2 heterocycles. The first-order chi connectivity index (χ1) is 18.4. The maximum Gasteiger partial charge on any atom is 0.459 e. The number of carbonyl (C=O) groups is 1. The topological polar surface area (TPSA) is 190 Å². The van der Waals surface area contributed by atoms with E-state index in [1.165, 1.54) is 17.8 Å². The largest absolute Gasteiger partial charge is 0.462 e. The molecule has 7 atom stereocenters. The van der Waals surface area contributed by atoms with Gasteiger partial charge in [-0.2, -0.15) is 15.1 Å². The number of carbonyl (C=O) groups excluding carboxylic acids is 1. The number of para-hydroxylation sites is 1. The van der Waals surface area contributed by atoms with Crippen molar-refractivity contribution in [2.24, 2.45) is 11.8 Å². The van der Waals surface area contributed by atoms with Crippen LogP contribution in [0, 0.1) is 11.8 Å². The number of ether oxygens (including phenoxy) is 1. The van der Waals surface area contributed by atoms with Crippen molar-refractivity contribution >= 4 is 36.6 Å². The van der Waals surface area contributed by atoms with Crippen LogP contribution in [0.4, 0.5) is 16.2 Å².